The molecule has 1 aliphatic heterocycles. The highest BCUT2D eigenvalue weighted by Gasteiger charge is 2.23. The summed E-state index contributed by atoms with van der Waals surface area (Å²) >= 11 is 0. The van der Waals surface area contributed by atoms with Gasteiger partial charge in [0, 0.05) is 19.1 Å². The van der Waals surface area contributed by atoms with Gasteiger partial charge in [-0.1, -0.05) is 0 Å². The highest BCUT2D eigenvalue weighted by atomic mass is 16.5. The van der Waals surface area contributed by atoms with E-state index in [1.165, 1.54) is 11.2 Å². The highest BCUT2D eigenvalue weighted by molar-refractivity contribution is 5.87. The average molecular weight is 368 g/mol. The van der Waals surface area contributed by atoms with E-state index in [-0.39, 0.29) is 6.04 Å². The molecule has 2 aromatic heterocycles. The molecule has 0 saturated carbocycles. The van der Waals surface area contributed by atoms with E-state index < -0.39 is 6.09 Å². The number of hydrogen-bond donors (Lipinski definition) is 2. The lowest BCUT2D eigenvalue weighted by Gasteiger charge is -2.30. The summed E-state index contributed by atoms with van der Waals surface area (Å²) in [5.41, 5.74) is 1.59. The van der Waals surface area contributed by atoms with Crippen LogP contribution >= 0.6 is 0 Å². The molecular formula is C18H20N6O3. The first-order valence-corrected chi connectivity index (χ1v) is 8.73. The SMILES string of the molecule is COc1ccc(-n2ncc3c(NC4CCN(C(=O)O)CC4)ncnc32)cc1. The van der Waals surface area contributed by atoms with E-state index in [1.807, 2.05) is 24.3 Å². The van der Waals surface area contributed by atoms with Crippen LogP contribution in [-0.2, 0) is 0 Å². The van der Waals surface area contributed by atoms with E-state index in [9.17, 15) is 4.79 Å². The number of hydrogen-bond acceptors (Lipinski definition) is 6. The molecule has 27 heavy (non-hydrogen) atoms. The number of likely N-dealkylation sites (tertiary alicyclic amines) is 1. The van der Waals surface area contributed by atoms with Crippen molar-refractivity contribution in [3.8, 4) is 11.4 Å². The number of carbonyl (C=O) groups is 1. The number of aromatic nitrogens is 4. The second-order valence-electron chi connectivity index (χ2n) is 6.40. The van der Waals surface area contributed by atoms with Gasteiger partial charge in [-0.3, -0.25) is 0 Å². The van der Waals surface area contributed by atoms with Gasteiger partial charge >= 0.3 is 6.09 Å². The van der Waals surface area contributed by atoms with E-state index in [0.29, 0.717) is 24.6 Å². The molecule has 1 aliphatic rings. The van der Waals surface area contributed by atoms with Crippen LogP contribution in [0.25, 0.3) is 16.7 Å². The minimum Gasteiger partial charge on any atom is -0.497 e. The number of nitrogens with one attached hydrogen (secondary N) is 1. The largest absolute Gasteiger partial charge is 0.497 e. The number of rotatable bonds is 4. The molecule has 140 valence electrons. The number of methoxy groups -OCH3 is 1. The molecule has 3 aromatic rings. The van der Waals surface area contributed by atoms with Gasteiger partial charge in [-0.25, -0.2) is 19.4 Å². The molecule has 0 aliphatic carbocycles. The van der Waals surface area contributed by atoms with Gasteiger partial charge in [0.25, 0.3) is 0 Å². The molecule has 0 bridgehead atoms. The predicted octanol–water partition coefficient (Wildman–Crippen LogP) is 2.38. The summed E-state index contributed by atoms with van der Waals surface area (Å²) in [5, 5.41) is 17.8. The van der Waals surface area contributed by atoms with Crippen molar-refractivity contribution in [3.05, 3.63) is 36.8 Å². The van der Waals surface area contributed by atoms with Gasteiger partial charge in [0.2, 0.25) is 0 Å². The monoisotopic (exact) mass is 368 g/mol. The van der Waals surface area contributed by atoms with Crippen molar-refractivity contribution < 1.29 is 14.6 Å². The molecule has 1 saturated heterocycles. The van der Waals surface area contributed by atoms with Crippen molar-refractivity contribution in [1.29, 1.82) is 0 Å². The Balaban J connectivity index is 1.56. The number of amides is 1. The van der Waals surface area contributed by atoms with Crippen molar-refractivity contribution in [2.24, 2.45) is 0 Å². The lowest BCUT2D eigenvalue weighted by molar-refractivity contribution is 0.134. The average Bonchev–Trinajstić information content (AvgIpc) is 3.14. The standard InChI is InChI=1S/C18H20N6O3/c1-27-14-4-2-13(3-5-14)24-17-15(10-21-24)16(19-11-20-17)22-12-6-8-23(9-7-12)18(25)26/h2-5,10-12H,6-9H2,1H3,(H,25,26)(H,19,20,22). The van der Waals surface area contributed by atoms with Gasteiger partial charge in [0.05, 0.1) is 24.4 Å². The molecular weight excluding hydrogens is 348 g/mol. The molecule has 3 heterocycles. The Morgan fingerprint density at radius 1 is 1.22 bits per heavy atom. The quantitative estimate of drug-likeness (QED) is 0.728. The van der Waals surface area contributed by atoms with Crippen molar-refractivity contribution in [1.82, 2.24) is 24.6 Å². The smallest absolute Gasteiger partial charge is 0.407 e. The number of carboxylic acid groups (broad SMARTS) is 1. The highest BCUT2D eigenvalue weighted by Crippen LogP contribution is 2.24. The Labute approximate surface area is 155 Å². The molecule has 9 nitrogen and oxygen atoms in total. The van der Waals surface area contributed by atoms with Gasteiger partial charge in [-0.15, -0.1) is 0 Å². The Morgan fingerprint density at radius 2 is 1.96 bits per heavy atom. The fraction of sp³-hybridized carbons (Fsp3) is 0.333. The lowest BCUT2D eigenvalue weighted by atomic mass is 10.1. The third kappa shape index (κ3) is 3.35. The van der Waals surface area contributed by atoms with E-state index in [1.54, 1.807) is 18.0 Å². The summed E-state index contributed by atoms with van der Waals surface area (Å²) < 4.78 is 6.95. The molecule has 4 rings (SSSR count). The lowest BCUT2D eigenvalue weighted by Crippen LogP contribution is -2.41. The number of nitrogens with zero attached hydrogens (tertiary/aromatic N) is 5. The number of fused-ring (bicyclic) bond motifs is 1. The van der Waals surface area contributed by atoms with E-state index >= 15 is 0 Å². The van der Waals surface area contributed by atoms with Crippen LogP contribution in [0.4, 0.5) is 10.6 Å². The van der Waals surface area contributed by atoms with Crippen molar-refractivity contribution in [2.75, 3.05) is 25.5 Å². The van der Waals surface area contributed by atoms with Crippen LogP contribution in [0.5, 0.6) is 5.75 Å². The van der Waals surface area contributed by atoms with Crippen LogP contribution in [0.2, 0.25) is 0 Å². The molecule has 0 unspecified atom stereocenters. The summed E-state index contributed by atoms with van der Waals surface area (Å²) in [6, 6.07) is 7.76. The normalized spacial score (nSPS) is 15.1. The van der Waals surface area contributed by atoms with Crippen LogP contribution in [0, 0.1) is 0 Å². The van der Waals surface area contributed by atoms with E-state index in [4.69, 9.17) is 9.84 Å². The zero-order valence-electron chi connectivity index (χ0n) is 14.9. The third-order valence-corrected chi connectivity index (χ3v) is 4.79. The number of ether oxygens (including phenoxy) is 1. The first kappa shape index (κ1) is 17.1. The van der Waals surface area contributed by atoms with E-state index in [0.717, 1.165) is 29.7 Å². The maximum absolute atomic E-state index is 11.0. The van der Waals surface area contributed by atoms with Crippen LogP contribution in [0.15, 0.2) is 36.8 Å². The van der Waals surface area contributed by atoms with Crippen LogP contribution in [0.3, 0.4) is 0 Å². The van der Waals surface area contributed by atoms with Gasteiger partial charge in [-0.2, -0.15) is 5.10 Å². The first-order valence-electron chi connectivity index (χ1n) is 8.73. The number of benzene rings is 1. The molecule has 0 spiro atoms. The number of piperidine rings is 1. The molecule has 9 heteroatoms. The summed E-state index contributed by atoms with van der Waals surface area (Å²) in [4.78, 5) is 21.2. The van der Waals surface area contributed by atoms with Gasteiger partial charge < -0.3 is 20.1 Å². The van der Waals surface area contributed by atoms with Gasteiger partial charge in [-0.05, 0) is 37.1 Å². The van der Waals surface area contributed by atoms with Crippen LogP contribution in [-0.4, -0.2) is 62.1 Å². The molecule has 1 fully saturated rings. The Bertz CT molecular complexity index is 947. The van der Waals surface area contributed by atoms with Crippen LogP contribution in [0.1, 0.15) is 12.8 Å². The third-order valence-electron chi connectivity index (χ3n) is 4.79. The second-order valence-corrected chi connectivity index (χ2v) is 6.40. The first-order chi connectivity index (χ1) is 13.2. The maximum Gasteiger partial charge on any atom is 0.407 e. The van der Waals surface area contributed by atoms with Gasteiger partial charge in [0.15, 0.2) is 5.65 Å². The molecule has 0 atom stereocenters. The molecule has 0 radical (unpaired) electrons. The Kier molecular flexibility index (Phi) is 4.49. The summed E-state index contributed by atoms with van der Waals surface area (Å²) in [6.45, 7) is 1.04. The van der Waals surface area contributed by atoms with Crippen LogP contribution < -0.4 is 10.1 Å². The summed E-state index contributed by atoms with van der Waals surface area (Å²) in [5.74, 6) is 1.49. The number of anilines is 1. The summed E-state index contributed by atoms with van der Waals surface area (Å²) in [7, 11) is 1.63. The molecule has 1 amide bonds. The predicted molar refractivity (Wildman–Crippen MR) is 99.5 cm³/mol. The minimum atomic E-state index is -0.862. The van der Waals surface area contributed by atoms with E-state index in [2.05, 4.69) is 20.4 Å². The summed E-state index contributed by atoms with van der Waals surface area (Å²) in [6.07, 6.45) is 3.88. The molecule has 1 aromatic carbocycles. The fourth-order valence-electron chi connectivity index (χ4n) is 3.28. The Morgan fingerprint density at radius 3 is 2.63 bits per heavy atom. The minimum absolute atomic E-state index is 0.169. The Hall–Kier alpha value is -3.36. The van der Waals surface area contributed by atoms with Gasteiger partial charge in [0.1, 0.15) is 17.9 Å². The van der Waals surface area contributed by atoms with Crippen molar-refractivity contribution in [2.45, 2.75) is 18.9 Å². The zero-order valence-corrected chi connectivity index (χ0v) is 14.9. The topological polar surface area (TPSA) is 105 Å². The second kappa shape index (κ2) is 7.10. The zero-order chi connectivity index (χ0) is 18.8. The van der Waals surface area contributed by atoms with Crippen molar-refractivity contribution in [3.63, 3.8) is 0 Å². The maximum atomic E-state index is 11.0. The molecule has 2 N–H and O–H groups in total. The van der Waals surface area contributed by atoms with Crippen molar-refractivity contribution >= 4 is 22.9 Å². The fourth-order valence-corrected chi connectivity index (χ4v) is 3.28.